The van der Waals surface area contributed by atoms with Crippen molar-refractivity contribution in [2.24, 2.45) is 17.8 Å². The monoisotopic (exact) mass is 518 g/mol. The van der Waals surface area contributed by atoms with Crippen LogP contribution in [0.4, 0.5) is 13.2 Å². The average Bonchev–Trinajstić information content (AvgIpc) is 2.95. The van der Waals surface area contributed by atoms with Crippen LogP contribution in [0.15, 0.2) is 60.7 Å². The molecule has 1 fully saturated rings. The molecule has 0 saturated heterocycles. The van der Waals surface area contributed by atoms with E-state index in [0.29, 0.717) is 16.7 Å². The molecule has 3 aromatic carbocycles. The summed E-state index contributed by atoms with van der Waals surface area (Å²) in [5.41, 5.74) is 4.07. The number of allylic oxidation sites excluding steroid dienone is 2. The van der Waals surface area contributed by atoms with Crippen LogP contribution >= 0.6 is 0 Å². The highest BCUT2D eigenvalue weighted by Crippen LogP contribution is 2.42. The third-order valence-electron chi connectivity index (χ3n) is 8.82. The molecule has 0 amide bonds. The Labute approximate surface area is 224 Å². The van der Waals surface area contributed by atoms with Gasteiger partial charge < -0.3 is 4.74 Å². The lowest BCUT2D eigenvalue weighted by molar-refractivity contribution is 0.189. The molecule has 0 spiro atoms. The van der Waals surface area contributed by atoms with Gasteiger partial charge in [0.2, 0.25) is 5.82 Å². The molecule has 200 valence electrons. The Hall–Kier alpha value is -3.01. The summed E-state index contributed by atoms with van der Waals surface area (Å²) in [5.74, 6) is 0.185. The SMILES string of the molecule is CCCC1CCC(C2CC=C(c3ccc(-c4ccc(-c5ccc(OC)c(F)c5F)cc4)c(F)c3)CC2)CC1. The van der Waals surface area contributed by atoms with Gasteiger partial charge in [-0.25, -0.2) is 8.78 Å². The van der Waals surface area contributed by atoms with E-state index < -0.39 is 11.6 Å². The van der Waals surface area contributed by atoms with Crippen molar-refractivity contribution in [2.45, 2.75) is 64.7 Å². The molecule has 0 radical (unpaired) electrons. The third kappa shape index (κ3) is 5.55. The first-order valence-corrected chi connectivity index (χ1v) is 14.1. The Morgan fingerprint density at radius 1 is 0.737 bits per heavy atom. The van der Waals surface area contributed by atoms with Crippen molar-refractivity contribution in [3.63, 3.8) is 0 Å². The zero-order valence-electron chi connectivity index (χ0n) is 22.4. The van der Waals surface area contributed by atoms with E-state index in [-0.39, 0.29) is 17.1 Å². The van der Waals surface area contributed by atoms with Gasteiger partial charge in [0, 0.05) is 11.1 Å². The molecule has 0 N–H and O–H groups in total. The molecule has 0 bridgehead atoms. The first-order valence-electron chi connectivity index (χ1n) is 14.1. The Morgan fingerprint density at radius 3 is 2.00 bits per heavy atom. The van der Waals surface area contributed by atoms with Crippen LogP contribution in [0.25, 0.3) is 27.8 Å². The molecule has 38 heavy (non-hydrogen) atoms. The summed E-state index contributed by atoms with van der Waals surface area (Å²) in [6, 6.07) is 15.2. The fourth-order valence-electron chi connectivity index (χ4n) is 6.59. The number of rotatable bonds is 7. The van der Waals surface area contributed by atoms with E-state index in [1.165, 1.54) is 69.8 Å². The smallest absolute Gasteiger partial charge is 0.201 e. The number of benzene rings is 3. The summed E-state index contributed by atoms with van der Waals surface area (Å²) in [5, 5.41) is 0. The minimum absolute atomic E-state index is 0.136. The molecule has 0 aromatic heterocycles. The quantitative estimate of drug-likeness (QED) is 0.302. The summed E-state index contributed by atoms with van der Waals surface area (Å²) >= 11 is 0. The fourth-order valence-corrected chi connectivity index (χ4v) is 6.59. The second kappa shape index (κ2) is 11.8. The Bertz CT molecular complexity index is 1290. The lowest BCUT2D eigenvalue weighted by atomic mass is 9.70. The van der Waals surface area contributed by atoms with E-state index in [4.69, 9.17) is 4.74 Å². The number of hydrogen-bond donors (Lipinski definition) is 0. The number of ether oxygens (including phenoxy) is 1. The van der Waals surface area contributed by atoms with Crippen molar-refractivity contribution in [3.8, 4) is 28.0 Å². The maximum Gasteiger partial charge on any atom is 0.201 e. The summed E-state index contributed by atoms with van der Waals surface area (Å²) in [4.78, 5) is 0. The third-order valence-corrected chi connectivity index (χ3v) is 8.82. The fraction of sp³-hybridized carbons (Fsp3) is 0.412. The van der Waals surface area contributed by atoms with Crippen LogP contribution < -0.4 is 4.74 Å². The lowest BCUT2D eigenvalue weighted by Gasteiger charge is -2.35. The summed E-state index contributed by atoms with van der Waals surface area (Å²) in [6.07, 6.45) is 13.9. The van der Waals surface area contributed by atoms with E-state index >= 15 is 4.39 Å². The van der Waals surface area contributed by atoms with Crippen LogP contribution in [0, 0.1) is 35.2 Å². The lowest BCUT2D eigenvalue weighted by Crippen LogP contribution is -2.23. The highest BCUT2D eigenvalue weighted by molar-refractivity contribution is 5.74. The summed E-state index contributed by atoms with van der Waals surface area (Å²) < 4.78 is 48.7. The minimum Gasteiger partial charge on any atom is -0.494 e. The molecule has 1 unspecified atom stereocenters. The normalized spacial score (nSPS) is 21.7. The Morgan fingerprint density at radius 2 is 1.39 bits per heavy atom. The maximum absolute atomic E-state index is 15.2. The van der Waals surface area contributed by atoms with Crippen molar-refractivity contribution >= 4 is 5.57 Å². The molecule has 1 atom stereocenters. The molecule has 2 aliphatic carbocycles. The van der Waals surface area contributed by atoms with Gasteiger partial charge in [-0.3, -0.25) is 0 Å². The van der Waals surface area contributed by atoms with Crippen LogP contribution in [-0.4, -0.2) is 7.11 Å². The number of hydrogen-bond acceptors (Lipinski definition) is 1. The van der Waals surface area contributed by atoms with Gasteiger partial charge >= 0.3 is 0 Å². The number of methoxy groups -OCH3 is 1. The Balaban J connectivity index is 1.26. The predicted molar refractivity (Wildman–Crippen MR) is 149 cm³/mol. The number of halogens is 3. The molecule has 1 saturated carbocycles. The van der Waals surface area contributed by atoms with Crippen molar-refractivity contribution in [2.75, 3.05) is 7.11 Å². The second-order valence-corrected chi connectivity index (χ2v) is 11.0. The van der Waals surface area contributed by atoms with E-state index in [1.54, 1.807) is 30.3 Å². The molecule has 5 rings (SSSR count). The maximum atomic E-state index is 15.2. The van der Waals surface area contributed by atoms with Gasteiger partial charge in [0.05, 0.1) is 7.11 Å². The van der Waals surface area contributed by atoms with Crippen molar-refractivity contribution < 1.29 is 17.9 Å². The molecular formula is C34H37F3O. The van der Waals surface area contributed by atoms with Gasteiger partial charge in [0.25, 0.3) is 0 Å². The van der Waals surface area contributed by atoms with Gasteiger partial charge in [-0.1, -0.05) is 75.1 Å². The molecule has 2 aliphatic rings. The predicted octanol–water partition coefficient (Wildman–Crippen LogP) is 10.2. The molecule has 0 aliphatic heterocycles. The Kier molecular flexibility index (Phi) is 8.26. The highest BCUT2D eigenvalue weighted by atomic mass is 19.2. The topological polar surface area (TPSA) is 9.23 Å². The van der Waals surface area contributed by atoms with Crippen LogP contribution in [0.3, 0.4) is 0 Å². The standard InChI is InChI=1S/C34H37F3O/c1-3-4-22-5-7-23(8-6-22)24-9-11-25(12-10-24)28-17-18-29(31(35)21-28)26-13-15-27(16-14-26)30-19-20-32(38-2)34(37)33(30)36/h11,13-24H,3-10,12H2,1-2H3. The second-order valence-electron chi connectivity index (χ2n) is 11.0. The molecule has 1 nitrogen and oxygen atoms in total. The highest BCUT2D eigenvalue weighted by Gasteiger charge is 2.28. The average molecular weight is 519 g/mol. The van der Waals surface area contributed by atoms with Crippen molar-refractivity contribution in [1.29, 1.82) is 0 Å². The first-order chi connectivity index (χ1) is 18.5. The van der Waals surface area contributed by atoms with E-state index in [2.05, 4.69) is 13.0 Å². The van der Waals surface area contributed by atoms with Gasteiger partial charge in [-0.05, 0) is 90.3 Å². The van der Waals surface area contributed by atoms with E-state index in [9.17, 15) is 8.78 Å². The molecular weight excluding hydrogens is 481 g/mol. The van der Waals surface area contributed by atoms with Crippen molar-refractivity contribution in [1.82, 2.24) is 0 Å². The minimum atomic E-state index is -1.02. The molecule has 4 heteroatoms. The summed E-state index contributed by atoms with van der Waals surface area (Å²) in [6.45, 7) is 2.29. The van der Waals surface area contributed by atoms with Gasteiger partial charge in [0.15, 0.2) is 11.6 Å². The van der Waals surface area contributed by atoms with Gasteiger partial charge in [0.1, 0.15) is 5.82 Å². The van der Waals surface area contributed by atoms with E-state index in [0.717, 1.165) is 36.2 Å². The van der Waals surface area contributed by atoms with E-state index in [1.807, 2.05) is 12.1 Å². The molecule has 3 aromatic rings. The zero-order valence-corrected chi connectivity index (χ0v) is 22.4. The largest absolute Gasteiger partial charge is 0.494 e. The molecule has 0 heterocycles. The van der Waals surface area contributed by atoms with Crippen LogP contribution in [-0.2, 0) is 0 Å². The van der Waals surface area contributed by atoms with Gasteiger partial charge in [-0.15, -0.1) is 0 Å². The van der Waals surface area contributed by atoms with Crippen LogP contribution in [0.5, 0.6) is 5.75 Å². The van der Waals surface area contributed by atoms with Crippen LogP contribution in [0.1, 0.15) is 70.3 Å². The summed E-state index contributed by atoms with van der Waals surface area (Å²) in [7, 11) is 1.30. The first kappa shape index (κ1) is 26.6. The van der Waals surface area contributed by atoms with Crippen molar-refractivity contribution in [3.05, 3.63) is 83.7 Å². The van der Waals surface area contributed by atoms with Gasteiger partial charge in [-0.2, -0.15) is 4.39 Å². The zero-order chi connectivity index (χ0) is 26.6. The van der Waals surface area contributed by atoms with Crippen LogP contribution in [0.2, 0.25) is 0 Å².